The minimum Gasteiger partial charge on any atom is -0.469 e. The number of esters is 3. The molecule has 0 amide bonds. The van der Waals surface area contributed by atoms with Gasteiger partial charge in [-0.15, -0.1) is 0 Å². The highest BCUT2D eigenvalue weighted by Gasteiger charge is 2.70. The number of carbonyl (C=O) groups is 3. The lowest BCUT2D eigenvalue weighted by Crippen LogP contribution is -2.64. The van der Waals surface area contributed by atoms with Crippen LogP contribution in [0.3, 0.4) is 0 Å². The predicted octanol–water partition coefficient (Wildman–Crippen LogP) is 6.24. The average Bonchev–Trinajstić information content (AvgIpc) is 3.36. The first-order valence-corrected chi connectivity index (χ1v) is 14.7. The smallest absolute Gasteiger partial charge is 0.317 e. The maximum Gasteiger partial charge on any atom is 0.317 e. The summed E-state index contributed by atoms with van der Waals surface area (Å²) in [6, 6.07) is 0. The quantitative estimate of drug-likeness (QED) is 0.250. The zero-order chi connectivity index (χ0) is 27.0. The van der Waals surface area contributed by atoms with Gasteiger partial charge < -0.3 is 14.2 Å². The van der Waals surface area contributed by atoms with Crippen LogP contribution in [0.4, 0.5) is 0 Å². The molecular formula is C31H48O6. The van der Waals surface area contributed by atoms with Gasteiger partial charge >= 0.3 is 17.9 Å². The summed E-state index contributed by atoms with van der Waals surface area (Å²) < 4.78 is 16.6. The fourth-order valence-corrected chi connectivity index (χ4v) is 11.0. The summed E-state index contributed by atoms with van der Waals surface area (Å²) >= 11 is 0. The molecule has 1 saturated heterocycles. The Labute approximate surface area is 222 Å². The first kappa shape index (κ1) is 27.0. The van der Waals surface area contributed by atoms with Crippen LogP contribution >= 0.6 is 0 Å². The van der Waals surface area contributed by atoms with Gasteiger partial charge in [-0.1, -0.05) is 34.6 Å². The highest BCUT2D eigenvalue weighted by atomic mass is 16.6. The number of hydrogen-bond donors (Lipinski definition) is 0. The van der Waals surface area contributed by atoms with Crippen LogP contribution in [0.5, 0.6) is 0 Å². The van der Waals surface area contributed by atoms with Gasteiger partial charge in [0.25, 0.3) is 0 Å². The molecule has 1 aliphatic heterocycles. The largest absolute Gasteiger partial charge is 0.469 e. The van der Waals surface area contributed by atoms with E-state index in [1.54, 1.807) is 0 Å². The monoisotopic (exact) mass is 516 g/mol. The molecule has 6 nitrogen and oxygen atoms in total. The number of carbonyl (C=O) groups excluding carboxylic acids is 3. The molecule has 0 spiro atoms. The van der Waals surface area contributed by atoms with E-state index in [9.17, 15) is 14.4 Å². The van der Waals surface area contributed by atoms with Crippen LogP contribution in [0.15, 0.2) is 0 Å². The molecule has 4 saturated carbocycles. The number of hydrogen-bond acceptors (Lipinski definition) is 6. The van der Waals surface area contributed by atoms with Gasteiger partial charge in [0.2, 0.25) is 0 Å². The molecule has 0 aromatic rings. The molecule has 0 bridgehead atoms. The van der Waals surface area contributed by atoms with Crippen LogP contribution in [0, 0.1) is 45.3 Å². The van der Waals surface area contributed by atoms with Crippen LogP contribution in [-0.2, 0) is 28.6 Å². The fraction of sp³-hybridized carbons (Fsp3) is 0.903. The number of rotatable bonds is 4. The summed E-state index contributed by atoms with van der Waals surface area (Å²) in [5.41, 5.74) is 0.247. The van der Waals surface area contributed by atoms with Crippen molar-refractivity contribution >= 4 is 17.9 Å². The van der Waals surface area contributed by atoms with Gasteiger partial charge in [-0.05, 0) is 98.7 Å². The van der Waals surface area contributed by atoms with Crippen molar-refractivity contribution in [3.8, 4) is 0 Å². The molecule has 5 fully saturated rings. The third-order valence-corrected chi connectivity index (χ3v) is 13.1. The minimum atomic E-state index is -0.544. The van der Waals surface area contributed by atoms with Crippen LogP contribution in [0.25, 0.3) is 0 Å². The molecule has 5 aliphatic rings. The van der Waals surface area contributed by atoms with Crippen LogP contribution in [0.1, 0.15) is 112 Å². The normalized spacial score (nSPS) is 48.3. The Morgan fingerprint density at radius 3 is 2.16 bits per heavy atom. The van der Waals surface area contributed by atoms with E-state index in [4.69, 9.17) is 9.47 Å². The summed E-state index contributed by atoms with van der Waals surface area (Å²) in [5, 5.41) is 0. The highest BCUT2D eigenvalue weighted by molar-refractivity contribution is 5.91. The van der Waals surface area contributed by atoms with E-state index in [0.29, 0.717) is 30.1 Å². The summed E-state index contributed by atoms with van der Waals surface area (Å²) in [6.07, 6.45) is 10.0. The Hall–Kier alpha value is -1.59. The minimum absolute atomic E-state index is 0.0182. The molecule has 0 N–H and O–H groups in total. The SMILES string of the molecule is COC(=O)CC(=O)O[C@@H]1CC[C@]2(C)[C@H]3CC[C@@H]4[C@@H]([C@]5(C)CCC(=O)O5)CC[C@@]4(C)[C@]3(C)CC[C@H]2C1(C)C. The molecule has 37 heavy (non-hydrogen) atoms. The second-order valence-corrected chi connectivity index (χ2v) is 14.7. The van der Waals surface area contributed by atoms with Crippen molar-refractivity contribution in [2.75, 3.05) is 7.11 Å². The van der Waals surface area contributed by atoms with Crippen molar-refractivity contribution < 1.29 is 28.6 Å². The first-order chi connectivity index (χ1) is 17.2. The van der Waals surface area contributed by atoms with Crippen molar-refractivity contribution in [1.82, 2.24) is 0 Å². The number of ether oxygens (including phenoxy) is 3. The third kappa shape index (κ3) is 3.81. The molecule has 0 radical (unpaired) electrons. The van der Waals surface area contributed by atoms with E-state index >= 15 is 0 Å². The molecule has 9 atom stereocenters. The van der Waals surface area contributed by atoms with Gasteiger partial charge in [-0.2, -0.15) is 0 Å². The fourth-order valence-electron chi connectivity index (χ4n) is 11.0. The molecule has 208 valence electrons. The molecule has 0 aromatic carbocycles. The second kappa shape index (κ2) is 8.71. The third-order valence-electron chi connectivity index (χ3n) is 13.1. The Morgan fingerprint density at radius 1 is 0.811 bits per heavy atom. The molecule has 4 aliphatic carbocycles. The summed E-state index contributed by atoms with van der Waals surface area (Å²) in [4.78, 5) is 36.2. The number of methoxy groups -OCH3 is 1. The van der Waals surface area contributed by atoms with Gasteiger partial charge in [0.05, 0.1) is 7.11 Å². The van der Waals surface area contributed by atoms with E-state index < -0.39 is 11.9 Å². The molecule has 0 aromatic heterocycles. The summed E-state index contributed by atoms with van der Waals surface area (Å²) in [7, 11) is 1.30. The Balaban J connectivity index is 1.38. The van der Waals surface area contributed by atoms with Crippen LogP contribution in [0.2, 0.25) is 0 Å². The van der Waals surface area contributed by atoms with Crippen molar-refractivity contribution in [2.24, 2.45) is 45.3 Å². The van der Waals surface area contributed by atoms with Crippen molar-refractivity contribution in [3.63, 3.8) is 0 Å². The van der Waals surface area contributed by atoms with E-state index in [1.807, 2.05) is 0 Å². The van der Waals surface area contributed by atoms with E-state index in [1.165, 1.54) is 32.8 Å². The van der Waals surface area contributed by atoms with Crippen molar-refractivity contribution in [2.45, 2.75) is 124 Å². The highest BCUT2D eigenvalue weighted by Crippen LogP contribution is 2.76. The van der Waals surface area contributed by atoms with E-state index in [2.05, 4.69) is 46.3 Å². The lowest BCUT2D eigenvalue weighted by molar-refractivity contribution is -0.230. The topological polar surface area (TPSA) is 78.9 Å². The van der Waals surface area contributed by atoms with Gasteiger partial charge in [0, 0.05) is 17.8 Å². The lowest BCUT2D eigenvalue weighted by Gasteiger charge is -2.70. The maximum absolute atomic E-state index is 12.5. The predicted molar refractivity (Wildman–Crippen MR) is 139 cm³/mol. The Morgan fingerprint density at radius 2 is 1.51 bits per heavy atom. The molecule has 5 rings (SSSR count). The Kier molecular flexibility index (Phi) is 6.35. The van der Waals surface area contributed by atoms with E-state index in [-0.39, 0.29) is 45.8 Å². The van der Waals surface area contributed by atoms with Crippen LogP contribution < -0.4 is 0 Å². The molecular weight excluding hydrogens is 468 g/mol. The standard InChI is InChI=1S/C31H48O6/c1-27(2)21-11-16-30(5)22(28(21,3)14-12-23(27)36-26(34)18-25(33)35-7)9-8-19-20(10-15-29(19,30)4)31(6)17-13-24(32)37-31/h19-23H,8-18H2,1-7H3/t19-,20+,21+,22-,23-,28+,29-,30-,31+/m1/s1. The molecule has 1 heterocycles. The summed E-state index contributed by atoms with van der Waals surface area (Å²) in [6.45, 7) is 14.5. The Bertz CT molecular complexity index is 973. The molecule has 6 heteroatoms. The average molecular weight is 517 g/mol. The molecule has 0 unspecified atom stereocenters. The maximum atomic E-state index is 12.5. The van der Waals surface area contributed by atoms with Gasteiger partial charge in [-0.25, -0.2) is 0 Å². The zero-order valence-electron chi connectivity index (χ0n) is 24.1. The van der Waals surface area contributed by atoms with E-state index in [0.717, 1.165) is 32.1 Å². The second-order valence-electron chi connectivity index (χ2n) is 14.7. The van der Waals surface area contributed by atoms with Gasteiger partial charge in [0.1, 0.15) is 18.1 Å². The van der Waals surface area contributed by atoms with Gasteiger partial charge in [-0.3, -0.25) is 14.4 Å². The van der Waals surface area contributed by atoms with Crippen molar-refractivity contribution in [3.05, 3.63) is 0 Å². The summed E-state index contributed by atoms with van der Waals surface area (Å²) in [5.74, 6) is 1.13. The number of fused-ring (bicyclic) bond motifs is 5. The zero-order valence-corrected chi connectivity index (χ0v) is 24.1. The lowest BCUT2D eigenvalue weighted by atomic mass is 9.35. The van der Waals surface area contributed by atoms with Gasteiger partial charge in [0.15, 0.2) is 0 Å². The van der Waals surface area contributed by atoms with Crippen LogP contribution in [-0.4, -0.2) is 36.7 Å². The number of cyclic esters (lactones) is 1. The van der Waals surface area contributed by atoms with Crippen molar-refractivity contribution in [1.29, 1.82) is 0 Å². The first-order valence-electron chi connectivity index (χ1n) is 14.7.